The summed E-state index contributed by atoms with van der Waals surface area (Å²) in [6.07, 6.45) is 6.66. The van der Waals surface area contributed by atoms with Gasteiger partial charge in [0.2, 0.25) is 0 Å². The van der Waals surface area contributed by atoms with Crippen LogP contribution in [-0.4, -0.2) is 47.1 Å². The number of benzene rings is 1. The molecular weight excluding hydrogens is 308 g/mol. The van der Waals surface area contributed by atoms with Gasteiger partial charge in [-0.2, -0.15) is 0 Å². The Kier molecular flexibility index (Phi) is 4.71. The summed E-state index contributed by atoms with van der Waals surface area (Å²) < 4.78 is 0. The van der Waals surface area contributed by atoms with Crippen LogP contribution >= 0.6 is 0 Å². The Morgan fingerprint density at radius 2 is 1.72 bits per heavy atom. The van der Waals surface area contributed by atoms with Crippen LogP contribution in [0.3, 0.4) is 0 Å². The van der Waals surface area contributed by atoms with Crippen LogP contribution in [0, 0.1) is 6.92 Å². The number of piperazine rings is 1. The van der Waals surface area contributed by atoms with Crippen molar-refractivity contribution in [2.75, 3.05) is 31.1 Å². The molecule has 0 bridgehead atoms. The minimum Gasteiger partial charge on any atom is -0.354 e. The standard InChI is InChI=1S/C21H28N4/c1-3-6-19-15-22-16(2)23-21(19)25-11-9-24(10-12-25)20-13-17-7-4-5-8-18(17)14-20/h4-5,7-8,15,20H,3,6,9-14H2,1-2H3. The second-order valence-corrected chi connectivity index (χ2v) is 7.37. The van der Waals surface area contributed by atoms with E-state index in [4.69, 9.17) is 4.98 Å². The Morgan fingerprint density at radius 1 is 1.04 bits per heavy atom. The zero-order valence-electron chi connectivity index (χ0n) is 15.4. The number of rotatable bonds is 4. The fourth-order valence-corrected chi connectivity index (χ4v) is 4.30. The first kappa shape index (κ1) is 16.5. The van der Waals surface area contributed by atoms with Crippen molar-refractivity contribution in [1.82, 2.24) is 14.9 Å². The Labute approximate surface area is 150 Å². The summed E-state index contributed by atoms with van der Waals surface area (Å²) >= 11 is 0. The highest BCUT2D eigenvalue weighted by atomic mass is 15.3. The third-order valence-electron chi connectivity index (χ3n) is 5.64. The Hall–Kier alpha value is -1.94. The molecule has 4 rings (SSSR count). The summed E-state index contributed by atoms with van der Waals surface area (Å²) in [6, 6.07) is 9.62. The van der Waals surface area contributed by atoms with Gasteiger partial charge in [-0.25, -0.2) is 9.97 Å². The molecule has 1 aliphatic carbocycles. The number of nitrogens with zero attached hydrogens (tertiary/aromatic N) is 4. The lowest BCUT2D eigenvalue weighted by atomic mass is 10.1. The molecule has 1 saturated heterocycles. The minimum atomic E-state index is 0.682. The van der Waals surface area contributed by atoms with Gasteiger partial charge >= 0.3 is 0 Å². The van der Waals surface area contributed by atoms with Crippen molar-refractivity contribution in [3.63, 3.8) is 0 Å². The van der Waals surface area contributed by atoms with E-state index in [2.05, 4.69) is 46.0 Å². The number of hydrogen-bond donors (Lipinski definition) is 0. The van der Waals surface area contributed by atoms with E-state index < -0.39 is 0 Å². The van der Waals surface area contributed by atoms with Gasteiger partial charge in [0, 0.05) is 44.0 Å². The van der Waals surface area contributed by atoms with Crippen LogP contribution in [0.25, 0.3) is 0 Å². The van der Waals surface area contributed by atoms with Gasteiger partial charge in [0.05, 0.1) is 0 Å². The second-order valence-electron chi connectivity index (χ2n) is 7.37. The predicted molar refractivity (Wildman–Crippen MR) is 102 cm³/mol. The van der Waals surface area contributed by atoms with Gasteiger partial charge in [0.1, 0.15) is 11.6 Å². The van der Waals surface area contributed by atoms with Gasteiger partial charge in [0.15, 0.2) is 0 Å². The van der Waals surface area contributed by atoms with E-state index in [9.17, 15) is 0 Å². The van der Waals surface area contributed by atoms with Gasteiger partial charge in [-0.3, -0.25) is 4.90 Å². The van der Waals surface area contributed by atoms with Crippen LogP contribution in [0.15, 0.2) is 30.5 Å². The van der Waals surface area contributed by atoms with Gasteiger partial charge in [-0.15, -0.1) is 0 Å². The summed E-state index contributed by atoms with van der Waals surface area (Å²) in [7, 11) is 0. The molecule has 1 aliphatic heterocycles. The Bertz CT molecular complexity index is 709. The summed E-state index contributed by atoms with van der Waals surface area (Å²) in [5.41, 5.74) is 4.40. The molecule has 0 N–H and O–H groups in total. The number of hydrogen-bond acceptors (Lipinski definition) is 4. The lowest BCUT2D eigenvalue weighted by molar-refractivity contribution is 0.190. The lowest BCUT2D eigenvalue weighted by Crippen LogP contribution is -2.51. The zero-order chi connectivity index (χ0) is 17.2. The summed E-state index contributed by atoms with van der Waals surface area (Å²) in [5.74, 6) is 2.05. The smallest absolute Gasteiger partial charge is 0.135 e. The molecule has 0 spiro atoms. The largest absolute Gasteiger partial charge is 0.354 e. The molecule has 4 nitrogen and oxygen atoms in total. The minimum absolute atomic E-state index is 0.682. The first-order chi connectivity index (χ1) is 12.2. The maximum atomic E-state index is 4.77. The molecule has 1 aromatic carbocycles. The van der Waals surface area contributed by atoms with E-state index in [-0.39, 0.29) is 0 Å². The van der Waals surface area contributed by atoms with Crippen molar-refractivity contribution >= 4 is 5.82 Å². The molecule has 0 saturated carbocycles. The normalized spacial score (nSPS) is 18.6. The van der Waals surface area contributed by atoms with E-state index >= 15 is 0 Å². The average Bonchev–Trinajstić information content (AvgIpc) is 3.08. The van der Waals surface area contributed by atoms with Crippen LogP contribution in [-0.2, 0) is 19.3 Å². The van der Waals surface area contributed by atoms with Crippen molar-refractivity contribution in [1.29, 1.82) is 0 Å². The van der Waals surface area contributed by atoms with Gasteiger partial charge in [-0.1, -0.05) is 37.6 Å². The van der Waals surface area contributed by atoms with Gasteiger partial charge in [0.25, 0.3) is 0 Å². The summed E-state index contributed by atoms with van der Waals surface area (Å²) in [6.45, 7) is 8.62. The predicted octanol–water partition coefficient (Wildman–Crippen LogP) is 3.03. The average molecular weight is 336 g/mol. The second kappa shape index (κ2) is 7.12. The van der Waals surface area contributed by atoms with Crippen molar-refractivity contribution in [3.05, 3.63) is 53.0 Å². The van der Waals surface area contributed by atoms with Crippen molar-refractivity contribution in [2.45, 2.75) is 45.6 Å². The number of aryl methyl sites for hydroxylation is 2. The summed E-state index contributed by atoms with van der Waals surface area (Å²) in [4.78, 5) is 14.3. The molecule has 2 aromatic rings. The van der Waals surface area contributed by atoms with Crippen LogP contribution in [0.2, 0.25) is 0 Å². The van der Waals surface area contributed by atoms with Crippen molar-refractivity contribution in [3.8, 4) is 0 Å². The SMILES string of the molecule is CCCc1cnc(C)nc1N1CCN(C2Cc3ccccc3C2)CC1. The van der Waals surface area contributed by atoms with Gasteiger partial charge in [-0.05, 0) is 37.3 Å². The molecule has 0 unspecified atom stereocenters. The topological polar surface area (TPSA) is 32.3 Å². The van der Waals surface area contributed by atoms with E-state index in [1.807, 2.05) is 13.1 Å². The fraction of sp³-hybridized carbons (Fsp3) is 0.524. The zero-order valence-corrected chi connectivity index (χ0v) is 15.4. The van der Waals surface area contributed by atoms with E-state index in [1.165, 1.54) is 24.2 Å². The van der Waals surface area contributed by atoms with Gasteiger partial charge < -0.3 is 4.90 Å². The monoisotopic (exact) mass is 336 g/mol. The molecule has 1 aromatic heterocycles. The Morgan fingerprint density at radius 3 is 2.36 bits per heavy atom. The first-order valence-corrected chi connectivity index (χ1v) is 9.63. The quantitative estimate of drug-likeness (QED) is 0.859. The van der Waals surface area contributed by atoms with Crippen LogP contribution in [0.4, 0.5) is 5.82 Å². The molecule has 4 heteroatoms. The maximum Gasteiger partial charge on any atom is 0.135 e. The van der Waals surface area contributed by atoms with Crippen molar-refractivity contribution < 1.29 is 0 Å². The number of fused-ring (bicyclic) bond motifs is 1. The lowest BCUT2D eigenvalue weighted by Gasteiger charge is -2.39. The third kappa shape index (κ3) is 3.40. The van der Waals surface area contributed by atoms with Crippen LogP contribution in [0.1, 0.15) is 35.9 Å². The molecule has 2 aliphatic rings. The highest BCUT2D eigenvalue weighted by Gasteiger charge is 2.29. The molecule has 132 valence electrons. The highest BCUT2D eigenvalue weighted by molar-refractivity contribution is 5.47. The molecule has 25 heavy (non-hydrogen) atoms. The fourth-order valence-electron chi connectivity index (χ4n) is 4.30. The van der Waals surface area contributed by atoms with E-state index in [0.29, 0.717) is 6.04 Å². The maximum absolute atomic E-state index is 4.77. The van der Waals surface area contributed by atoms with E-state index in [1.54, 1.807) is 11.1 Å². The molecule has 1 fully saturated rings. The molecule has 0 atom stereocenters. The van der Waals surface area contributed by atoms with E-state index in [0.717, 1.165) is 44.8 Å². The molecular formula is C21H28N4. The van der Waals surface area contributed by atoms with Crippen molar-refractivity contribution in [2.24, 2.45) is 0 Å². The molecule has 2 heterocycles. The van der Waals surface area contributed by atoms with Crippen LogP contribution < -0.4 is 4.90 Å². The first-order valence-electron chi connectivity index (χ1n) is 9.63. The summed E-state index contributed by atoms with van der Waals surface area (Å²) in [5, 5.41) is 0. The number of aromatic nitrogens is 2. The molecule has 0 radical (unpaired) electrons. The highest BCUT2D eigenvalue weighted by Crippen LogP contribution is 2.27. The molecule has 0 amide bonds. The Balaban J connectivity index is 1.42. The van der Waals surface area contributed by atoms with Crippen LogP contribution in [0.5, 0.6) is 0 Å². The third-order valence-corrected chi connectivity index (χ3v) is 5.64. The number of anilines is 1.